The number of thiophene rings is 1. The lowest BCUT2D eigenvalue weighted by atomic mass is 9.94. The van der Waals surface area contributed by atoms with E-state index in [0.717, 1.165) is 25.7 Å². The summed E-state index contributed by atoms with van der Waals surface area (Å²) in [5.74, 6) is -0.891. The van der Waals surface area contributed by atoms with Crippen LogP contribution in [0, 0.1) is 0 Å². The Morgan fingerprint density at radius 3 is 2.58 bits per heavy atom. The number of nitrogens with zero attached hydrogens (tertiary/aromatic N) is 2. The number of nitrogens with one attached hydrogen (secondary N) is 2. The van der Waals surface area contributed by atoms with E-state index in [1.165, 1.54) is 22.7 Å². The maximum absolute atomic E-state index is 13.3. The third-order valence-electron chi connectivity index (χ3n) is 5.32. The van der Waals surface area contributed by atoms with E-state index in [1.807, 2.05) is 0 Å². The van der Waals surface area contributed by atoms with Crippen molar-refractivity contribution in [3.05, 3.63) is 65.1 Å². The van der Waals surface area contributed by atoms with Gasteiger partial charge in [-0.15, -0.1) is 17.9 Å². The van der Waals surface area contributed by atoms with Gasteiger partial charge in [-0.3, -0.25) is 19.4 Å². The number of amides is 3. The molecule has 7 nitrogen and oxygen atoms in total. The van der Waals surface area contributed by atoms with Crippen LogP contribution in [0.4, 0.5) is 0 Å². The van der Waals surface area contributed by atoms with Gasteiger partial charge < -0.3 is 15.5 Å². The Labute approximate surface area is 186 Å². The lowest BCUT2D eigenvalue weighted by Gasteiger charge is -2.32. The molecule has 164 valence electrons. The molecule has 2 aromatic heterocycles. The summed E-state index contributed by atoms with van der Waals surface area (Å²) in [6, 6.07) is 6.24. The van der Waals surface area contributed by atoms with E-state index in [0.29, 0.717) is 10.4 Å². The average Bonchev–Trinajstić information content (AvgIpc) is 3.33. The van der Waals surface area contributed by atoms with Crippen molar-refractivity contribution in [3.8, 4) is 0 Å². The number of pyridine rings is 1. The highest BCUT2D eigenvalue weighted by molar-refractivity contribution is 7.12. The molecule has 2 heterocycles. The first-order valence-electron chi connectivity index (χ1n) is 10.5. The standard InChI is InChI=1S/C23H28N4O3S/c1-2-14-27(20(28)16-25-22(29)19-9-6-15-31-19)21(17-10-12-24-13-11-17)23(30)26-18-7-4-3-5-8-18/h2,6,9-13,15,18,21H,1,3-5,7-8,14,16H2,(H,25,29)(H,26,30). The molecule has 8 heteroatoms. The van der Waals surface area contributed by atoms with Crippen molar-refractivity contribution in [2.45, 2.75) is 44.2 Å². The summed E-state index contributed by atoms with van der Waals surface area (Å²) in [4.78, 5) is 44.7. The fraction of sp³-hybridized carbons (Fsp3) is 0.391. The Morgan fingerprint density at radius 2 is 1.94 bits per heavy atom. The van der Waals surface area contributed by atoms with E-state index in [-0.39, 0.29) is 36.9 Å². The summed E-state index contributed by atoms with van der Waals surface area (Å²) in [5, 5.41) is 7.58. The summed E-state index contributed by atoms with van der Waals surface area (Å²) in [5.41, 5.74) is 0.670. The predicted octanol–water partition coefficient (Wildman–Crippen LogP) is 3.08. The summed E-state index contributed by atoms with van der Waals surface area (Å²) >= 11 is 1.30. The van der Waals surface area contributed by atoms with Gasteiger partial charge in [-0.2, -0.15) is 0 Å². The zero-order valence-corrected chi connectivity index (χ0v) is 18.3. The van der Waals surface area contributed by atoms with Gasteiger partial charge >= 0.3 is 0 Å². The third-order valence-corrected chi connectivity index (χ3v) is 6.19. The molecule has 1 aliphatic carbocycles. The highest BCUT2D eigenvalue weighted by Crippen LogP contribution is 2.23. The Morgan fingerprint density at radius 1 is 1.19 bits per heavy atom. The number of aromatic nitrogens is 1. The molecular formula is C23H28N4O3S. The Bertz CT molecular complexity index is 879. The molecule has 3 amide bonds. The van der Waals surface area contributed by atoms with Crippen molar-refractivity contribution >= 4 is 29.1 Å². The van der Waals surface area contributed by atoms with E-state index in [9.17, 15) is 14.4 Å². The quantitative estimate of drug-likeness (QED) is 0.586. The van der Waals surface area contributed by atoms with Crippen LogP contribution in [0.5, 0.6) is 0 Å². The number of carbonyl (C=O) groups excluding carboxylic acids is 3. The van der Waals surface area contributed by atoms with E-state index >= 15 is 0 Å². The van der Waals surface area contributed by atoms with Crippen molar-refractivity contribution in [3.63, 3.8) is 0 Å². The Kier molecular flexibility index (Phi) is 8.35. The Balaban J connectivity index is 1.77. The van der Waals surface area contributed by atoms with Gasteiger partial charge in [0.2, 0.25) is 11.8 Å². The summed E-state index contributed by atoms with van der Waals surface area (Å²) in [6.45, 7) is 3.72. The Hall–Kier alpha value is -3.00. The molecule has 1 saturated carbocycles. The van der Waals surface area contributed by atoms with Crippen LogP contribution in [0.15, 0.2) is 54.7 Å². The van der Waals surface area contributed by atoms with E-state index < -0.39 is 6.04 Å². The molecule has 0 saturated heterocycles. The fourth-order valence-electron chi connectivity index (χ4n) is 3.79. The summed E-state index contributed by atoms with van der Waals surface area (Å²) < 4.78 is 0. The van der Waals surface area contributed by atoms with Crippen LogP contribution < -0.4 is 10.6 Å². The molecular weight excluding hydrogens is 412 g/mol. The van der Waals surface area contributed by atoms with Crippen LogP contribution in [0.1, 0.15) is 53.4 Å². The first-order chi connectivity index (χ1) is 15.1. The molecule has 1 unspecified atom stereocenters. The van der Waals surface area contributed by atoms with Gasteiger partial charge in [0.1, 0.15) is 6.04 Å². The van der Waals surface area contributed by atoms with Gasteiger partial charge in [0.25, 0.3) is 5.91 Å². The highest BCUT2D eigenvalue weighted by atomic mass is 32.1. The summed E-state index contributed by atoms with van der Waals surface area (Å²) in [6.07, 6.45) is 10.1. The minimum Gasteiger partial charge on any atom is -0.351 e. The van der Waals surface area contributed by atoms with Crippen LogP contribution in [0.2, 0.25) is 0 Å². The fourth-order valence-corrected chi connectivity index (χ4v) is 4.43. The molecule has 3 rings (SSSR count). The van der Waals surface area contributed by atoms with Gasteiger partial charge in [0.15, 0.2) is 0 Å². The maximum atomic E-state index is 13.3. The van der Waals surface area contributed by atoms with Gasteiger partial charge in [0.05, 0.1) is 11.4 Å². The normalized spacial score (nSPS) is 15.0. The maximum Gasteiger partial charge on any atom is 0.261 e. The zero-order chi connectivity index (χ0) is 22.1. The predicted molar refractivity (Wildman–Crippen MR) is 121 cm³/mol. The summed E-state index contributed by atoms with van der Waals surface area (Å²) in [7, 11) is 0. The molecule has 0 aliphatic heterocycles. The second kappa shape index (κ2) is 11.4. The van der Waals surface area contributed by atoms with Crippen molar-refractivity contribution in [2.75, 3.05) is 13.1 Å². The zero-order valence-electron chi connectivity index (χ0n) is 17.5. The SMILES string of the molecule is C=CCN(C(=O)CNC(=O)c1cccs1)C(C(=O)NC1CCCCC1)c1ccncc1. The minimum atomic E-state index is -0.825. The number of rotatable bonds is 9. The van der Waals surface area contributed by atoms with Crippen molar-refractivity contribution in [1.29, 1.82) is 0 Å². The molecule has 2 aromatic rings. The smallest absolute Gasteiger partial charge is 0.261 e. The van der Waals surface area contributed by atoms with Crippen molar-refractivity contribution in [2.24, 2.45) is 0 Å². The van der Waals surface area contributed by atoms with Gasteiger partial charge in [-0.1, -0.05) is 31.4 Å². The molecule has 0 spiro atoms. The topological polar surface area (TPSA) is 91.4 Å². The van der Waals surface area contributed by atoms with Crippen LogP contribution >= 0.6 is 11.3 Å². The van der Waals surface area contributed by atoms with Crippen LogP contribution in [0.25, 0.3) is 0 Å². The minimum absolute atomic E-state index is 0.116. The first-order valence-corrected chi connectivity index (χ1v) is 11.4. The van der Waals surface area contributed by atoms with Crippen LogP contribution in [-0.4, -0.2) is 46.7 Å². The molecule has 2 N–H and O–H groups in total. The largest absolute Gasteiger partial charge is 0.351 e. The molecule has 31 heavy (non-hydrogen) atoms. The number of carbonyl (C=O) groups is 3. The monoisotopic (exact) mass is 440 g/mol. The second-order valence-corrected chi connectivity index (χ2v) is 8.47. The molecule has 0 radical (unpaired) electrons. The van der Waals surface area contributed by atoms with Crippen molar-refractivity contribution < 1.29 is 14.4 Å². The molecule has 1 atom stereocenters. The first kappa shape index (κ1) is 22.7. The van der Waals surface area contributed by atoms with Crippen LogP contribution in [0.3, 0.4) is 0 Å². The van der Waals surface area contributed by atoms with Gasteiger partial charge in [-0.25, -0.2) is 0 Å². The number of hydrogen-bond acceptors (Lipinski definition) is 5. The molecule has 0 bridgehead atoms. The molecule has 1 aliphatic rings. The van der Waals surface area contributed by atoms with Crippen molar-refractivity contribution in [1.82, 2.24) is 20.5 Å². The van der Waals surface area contributed by atoms with E-state index in [1.54, 1.807) is 48.1 Å². The van der Waals surface area contributed by atoms with Gasteiger partial charge in [-0.05, 0) is 42.0 Å². The van der Waals surface area contributed by atoms with Gasteiger partial charge in [0, 0.05) is 25.0 Å². The third kappa shape index (κ3) is 6.24. The van der Waals surface area contributed by atoms with E-state index in [4.69, 9.17) is 0 Å². The average molecular weight is 441 g/mol. The molecule has 0 aromatic carbocycles. The lowest BCUT2D eigenvalue weighted by Crippen LogP contribution is -2.49. The van der Waals surface area contributed by atoms with Crippen LogP contribution in [-0.2, 0) is 9.59 Å². The lowest BCUT2D eigenvalue weighted by molar-refractivity contribution is -0.139. The second-order valence-electron chi connectivity index (χ2n) is 7.52. The number of hydrogen-bond donors (Lipinski definition) is 2. The highest BCUT2D eigenvalue weighted by Gasteiger charge is 2.32. The molecule has 1 fully saturated rings. The van der Waals surface area contributed by atoms with E-state index in [2.05, 4.69) is 22.2 Å².